The molecule has 0 aliphatic heterocycles. The van der Waals surface area contributed by atoms with E-state index in [1.54, 1.807) is 0 Å². The zero-order valence-electron chi connectivity index (χ0n) is 6.93. The second-order valence-electron chi connectivity index (χ2n) is 4.59. The van der Waals surface area contributed by atoms with Crippen molar-refractivity contribution in [2.24, 2.45) is 5.41 Å². The van der Waals surface area contributed by atoms with Gasteiger partial charge in [-0.15, -0.1) is 11.3 Å². The van der Waals surface area contributed by atoms with Crippen molar-refractivity contribution in [1.29, 1.82) is 0 Å². The Kier molecular flexibility index (Phi) is 1.22. The van der Waals surface area contributed by atoms with Crippen LogP contribution in [0.2, 0.25) is 0 Å². The van der Waals surface area contributed by atoms with Crippen LogP contribution in [-0.4, -0.2) is 4.98 Å². The minimum absolute atomic E-state index is 0.519. The predicted octanol–water partition coefficient (Wildman–Crippen LogP) is 3.35. The van der Waals surface area contributed by atoms with Gasteiger partial charge in [-0.2, -0.15) is 0 Å². The third-order valence-corrected chi connectivity index (χ3v) is 4.95. The first-order valence-corrected chi connectivity index (χ1v) is 5.85. The Hall–Kier alpha value is 0.110. The first-order chi connectivity index (χ1) is 5.62. The Balaban J connectivity index is 1.93. The van der Waals surface area contributed by atoms with Crippen LogP contribution in [0.4, 0.5) is 0 Å². The smallest absolute Gasteiger partial charge is 0.0998 e. The standard InChI is InChI=1S/C9H10BrNS/c1-8-3-9(4-8,5-8)7-11-2-6(10)12-7/h2H,3-5H2,1H3. The first kappa shape index (κ1) is 7.51. The maximum atomic E-state index is 4.45. The third-order valence-electron chi connectivity index (χ3n) is 3.23. The fraction of sp³-hybridized carbons (Fsp3) is 0.667. The Bertz CT molecular complexity index is 324. The van der Waals surface area contributed by atoms with Gasteiger partial charge in [0, 0.05) is 5.41 Å². The molecule has 1 aromatic rings. The van der Waals surface area contributed by atoms with Crippen LogP contribution in [0.5, 0.6) is 0 Å². The fourth-order valence-electron chi connectivity index (χ4n) is 3.02. The summed E-state index contributed by atoms with van der Waals surface area (Å²) < 4.78 is 1.17. The van der Waals surface area contributed by atoms with E-state index in [2.05, 4.69) is 27.8 Å². The van der Waals surface area contributed by atoms with E-state index in [9.17, 15) is 0 Å². The lowest BCUT2D eigenvalue weighted by Gasteiger charge is -2.68. The molecule has 0 amide bonds. The van der Waals surface area contributed by atoms with Gasteiger partial charge in [-0.25, -0.2) is 4.98 Å². The second-order valence-corrected chi connectivity index (χ2v) is 7.00. The van der Waals surface area contributed by atoms with E-state index >= 15 is 0 Å². The van der Waals surface area contributed by atoms with E-state index in [0.29, 0.717) is 10.8 Å². The van der Waals surface area contributed by atoms with Crippen LogP contribution in [0.15, 0.2) is 9.98 Å². The van der Waals surface area contributed by atoms with Crippen molar-refractivity contribution in [3.05, 3.63) is 15.0 Å². The van der Waals surface area contributed by atoms with E-state index in [-0.39, 0.29) is 0 Å². The molecule has 0 saturated heterocycles. The molecule has 64 valence electrons. The van der Waals surface area contributed by atoms with Crippen LogP contribution in [0.25, 0.3) is 0 Å². The maximum absolute atomic E-state index is 4.45. The molecule has 0 aromatic carbocycles. The van der Waals surface area contributed by atoms with Gasteiger partial charge in [-0.1, -0.05) is 6.92 Å². The predicted molar refractivity (Wildman–Crippen MR) is 53.5 cm³/mol. The molecule has 3 fully saturated rings. The summed E-state index contributed by atoms with van der Waals surface area (Å²) in [6, 6.07) is 0. The molecule has 3 saturated carbocycles. The quantitative estimate of drug-likeness (QED) is 0.738. The molecule has 0 spiro atoms. The molecule has 2 bridgehead atoms. The zero-order chi connectivity index (χ0) is 8.40. The summed E-state index contributed by atoms with van der Waals surface area (Å²) >= 11 is 5.28. The highest BCUT2D eigenvalue weighted by atomic mass is 79.9. The van der Waals surface area contributed by atoms with E-state index in [0.717, 1.165) is 0 Å². The molecule has 0 N–H and O–H groups in total. The number of hydrogen-bond donors (Lipinski definition) is 0. The van der Waals surface area contributed by atoms with Gasteiger partial charge in [0.05, 0.1) is 15.0 Å². The summed E-state index contributed by atoms with van der Waals surface area (Å²) in [7, 11) is 0. The SMILES string of the molecule is CC12CC(c3ncc(Br)s3)(C1)C2. The molecule has 1 heterocycles. The number of hydrogen-bond acceptors (Lipinski definition) is 2. The largest absolute Gasteiger partial charge is 0.248 e. The molecular formula is C9H10BrNS. The summed E-state index contributed by atoms with van der Waals surface area (Å²) in [5.74, 6) is 0. The van der Waals surface area contributed by atoms with Crippen LogP contribution >= 0.6 is 27.3 Å². The van der Waals surface area contributed by atoms with Crippen LogP contribution in [0, 0.1) is 5.41 Å². The first-order valence-electron chi connectivity index (χ1n) is 4.24. The lowest BCUT2D eigenvalue weighted by molar-refractivity contribution is -0.125. The highest BCUT2D eigenvalue weighted by molar-refractivity contribution is 9.11. The number of thiazole rings is 1. The van der Waals surface area contributed by atoms with Gasteiger partial charge in [-0.05, 0) is 40.6 Å². The minimum Gasteiger partial charge on any atom is -0.248 e. The topological polar surface area (TPSA) is 12.9 Å². The molecule has 3 aliphatic carbocycles. The number of nitrogens with zero attached hydrogens (tertiary/aromatic N) is 1. The average molecular weight is 244 g/mol. The van der Waals surface area contributed by atoms with Gasteiger partial charge >= 0.3 is 0 Å². The van der Waals surface area contributed by atoms with Gasteiger partial charge in [-0.3, -0.25) is 0 Å². The lowest BCUT2D eigenvalue weighted by atomic mass is 9.36. The van der Waals surface area contributed by atoms with E-state index < -0.39 is 0 Å². The normalized spacial score (nSPS) is 43.5. The van der Waals surface area contributed by atoms with Crippen LogP contribution < -0.4 is 0 Å². The van der Waals surface area contributed by atoms with Crippen molar-refractivity contribution in [3.63, 3.8) is 0 Å². The van der Waals surface area contributed by atoms with Gasteiger partial charge in [0.1, 0.15) is 0 Å². The molecule has 3 heteroatoms. The van der Waals surface area contributed by atoms with Gasteiger partial charge in [0.2, 0.25) is 0 Å². The fourth-order valence-corrected chi connectivity index (χ4v) is 4.41. The van der Waals surface area contributed by atoms with Gasteiger partial charge < -0.3 is 0 Å². The molecule has 0 unspecified atom stereocenters. The minimum atomic E-state index is 0.519. The van der Waals surface area contributed by atoms with Crippen molar-refractivity contribution < 1.29 is 0 Å². The summed E-state index contributed by atoms with van der Waals surface area (Å²) in [5, 5.41) is 1.36. The molecule has 0 radical (unpaired) electrons. The molecule has 12 heavy (non-hydrogen) atoms. The van der Waals surface area contributed by atoms with Crippen LogP contribution in [-0.2, 0) is 5.41 Å². The molecule has 1 nitrogen and oxygen atoms in total. The van der Waals surface area contributed by atoms with Crippen LogP contribution in [0.3, 0.4) is 0 Å². The van der Waals surface area contributed by atoms with Crippen molar-refractivity contribution in [3.8, 4) is 0 Å². The number of aromatic nitrogens is 1. The number of rotatable bonds is 1. The highest BCUT2D eigenvalue weighted by Crippen LogP contribution is 2.73. The van der Waals surface area contributed by atoms with Crippen molar-refractivity contribution in [1.82, 2.24) is 4.98 Å². The van der Waals surface area contributed by atoms with Gasteiger partial charge in [0.15, 0.2) is 0 Å². The summed E-state index contributed by atoms with van der Waals surface area (Å²) in [6.07, 6.45) is 6.06. The Morgan fingerprint density at radius 3 is 2.58 bits per heavy atom. The van der Waals surface area contributed by atoms with Gasteiger partial charge in [0.25, 0.3) is 0 Å². The third kappa shape index (κ3) is 0.765. The second kappa shape index (κ2) is 1.95. The summed E-state index contributed by atoms with van der Waals surface area (Å²) in [5.41, 5.74) is 1.21. The zero-order valence-corrected chi connectivity index (χ0v) is 9.33. The molecule has 0 atom stereocenters. The molecule has 4 rings (SSSR count). The molecule has 1 aromatic heterocycles. The lowest BCUT2D eigenvalue weighted by Crippen LogP contribution is -2.62. The maximum Gasteiger partial charge on any atom is 0.0998 e. The summed E-state index contributed by atoms with van der Waals surface area (Å²) in [6.45, 7) is 2.39. The van der Waals surface area contributed by atoms with Crippen molar-refractivity contribution in [2.45, 2.75) is 31.6 Å². The Morgan fingerprint density at radius 1 is 1.50 bits per heavy atom. The van der Waals surface area contributed by atoms with E-state index in [1.165, 1.54) is 28.1 Å². The molecule has 3 aliphatic rings. The van der Waals surface area contributed by atoms with Crippen LogP contribution in [0.1, 0.15) is 31.2 Å². The highest BCUT2D eigenvalue weighted by Gasteiger charge is 2.66. The average Bonchev–Trinajstić information content (AvgIpc) is 2.26. The number of halogens is 1. The Labute approximate surface area is 84.3 Å². The van der Waals surface area contributed by atoms with Crippen molar-refractivity contribution in [2.75, 3.05) is 0 Å². The van der Waals surface area contributed by atoms with E-state index in [4.69, 9.17) is 0 Å². The monoisotopic (exact) mass is 243 g/mol. The van der Waals surface area contributed by atoms with Crippen molar-refractivity contribution >= 4 is 27.3 Å². The Morgan fingerprint density at radius 2 is 2.17 bits per heavy atom. The molecular weight excluding hydrogens is 234 g/mol. The summed E-state index contributed by atoms with van der Waals surface area (Å²) in [4.78, 5) is 4.45. The van der Waals surface area contributed by atoms with E-state index in [1.807, 2.05) is 17.5 Å².